The summed E-state index contributed by atoms with van der Waals surface area (Å²) >= 11 is 0. The van der Waals surface area contributed by atoms with Gasteiger partial charge in [0.1, 0.15) is 40.6 Å². The Labute approximate surface area is 558 Å². The van der Waals surface area contributed by atoms with E-state index >= 15 is 0 Å². The van der Waals surface area contributed by atoms with E-state index in [0.717, 1.165) is 98.2 Å². The first-order chi connectivity index (χ1) is 42.6. The number of rotatable bonds is 11. The number of carbonyl (C=O) groups excluding carboxylic acids is 4. The lowest BCUT2D eigenvalue weighted by molar-refractivity contribution is -0.134. The Morgan fingerprint density at radius 2 is 1.03 bits per heavy atom. The Kier molecular flexibility index (Phi) is 21.1. The summed E-state index contributed by atoms with van der Waals surface area (Å²) in [6.07, 6.45) is 8.39. The van der Waals surface area contributed by atoms with Crippen molar-refractivity contribution in [3.63, 3.8) is 0 Å². The fraction of sp³-hybridized carbons (Fsp3) is 0.500. The number of aryl methyl sites for hydroxylation is 4. The van der Waals surface area contributed by atoms with Gasteiger partial charge in [-0.15, -0.1) is 0 Å². The Morgan fingerprint density at radius 3 is 1.56 bits per heavy atom. The standard InChI is InChI=1S/C32H44O4.C26H34O3.C26H32O2/c1-20(33)35-25-14-12-21(31(8,9)18-29(2,3)4)16-23(25)27-24-17-22(13-15-26(24)36-28(27)34)32(10,11)19-30(5,6)7;1-10-22(27)29-24-19(12-17(3)14-21(24)26(7,8)9)15-18-11-16(2)13-20(23(18)28)25(4,5)6;1-25(2,3)19-14-20-22(18-12-11-16-9-7-8-10-17(16)13-18)24(27)28-23(20)21(15-19)26(4,5)6/h12-17,27H,18-19H2,1-11H3;10-14,28H,1,15H2,2-9H3;11-15,22H,7-10H2,1-6H3. The maximum absolute atomic E-state index is 13.3. The zero-order chi connectivity index (χ0) is 69.7. The average molecular weight is 1260 g/mol. The molecular weight excluding hydrogens is 1150 g/mol. The topological polar surface area (TPSA) is 125 Å². The van der Waals surface area contributed by atoms with E-state index in [0.29, 0.717) is 35.0 Å². The smallest absolute Gasteiger partial charge is 0.335 e. The highest BCUT2D eigenvalue weighted by Gasteiger charge is 2.42. The minimum atomic E-state index is -0.648. The highest BCUT2D eigenvalue weighted by Crippen LogP contribution is 2.50. The molecule has 0 aromatic heterocycles. The van der Waals surface area contributed by atoms with Gasteiger partial charge in [-0.1, -0.05) is 249 Å². The van der Waals surface area contributed by atoms with Gasteiger partial charge in [0, 0.05) is 47.2 Å². The van der Waals surface area contributed by atoms with Crippen LogP contribution < -0.4 is 18.9 Å². The van der Waals surface area contributed by atoms with E-state index in [1.54, 1.807) is 0 Å². The molecule has 0 saturated heterocycles. The number of carbonyl (C=O) groups is 4. The van der Waals surface area contributed by atoms with Crippen LogP contribution in [0.3, 0.4) is 0 Å². The molecule has 2 aliphatic heterocycles. The van der Waals surface area contributed by atoms with Gasteiger partial charge in [-0.3, -0.25) is 14.4 Å². The number of fused-ring (bicyclic) bond motifs is 3. The number of phenols is 1. The molecule has 0 radical (unpaired) electrons. The maximum atomic E-state index is 13.3. The van der Waals surface area contributed by atoms with Crippen molar-refractivity contribution in [1.82, 2.24) is 0 Å². The predicted octanol–water partition coefficient (Wildman–Crippen LogP) is 20.6. The molecule has 93 heavy (non-hydrogen) atoms. The van der Waals surface area contributed by atoms with Crippen molar-refractivity contribution in [2.24, 2.45) is 10.8 Å². The van der Waals surface area contributed by atoms with E-state index in [1.165, 1.54) is 42.5 Å². The number of ether oxygens (including phenoxy) is 4. The zero-order valence-electron chi connectivity index (χ0n) is 61.3. The van der Waals surface area contributed by atoms with Crippen LogP contribution in [0.5, 0.6) is 28.7 Å². The van der Waals surface area contributed by atoms with Crippen molar-refractivity contribution in [2.45, 2.75) is 262 Å². The molecule has 2 heterocycles. The summed E-state index contributed by atoms with van der Waals surface area (Å²) in [5.74, 6) is 0.310. The summed E-state index contributed by atoms with van der Waals surface area (Å²) in [5.41, 5.74) is 16.5. The lowest BCUT2D eigenvalue weighted by atomic mass is 9.71. The number of esters is 4. The molecule has 9 rings (SSSR count). The van der Waals surface area contributed by atoms with Crippen LogP contribution in [0.2, 0.25) is 0 Å². The molecule has 6 aromatic rings. The van der Waals surface area contributed by atoms with Gasteiger partial charge in [-0.05, 0) is 158 Å². The summed E-state index contributed by atoms with van der Waals surface area (Å²) in [6.45, 7) is 57.1. The number of aromatic hydroxyl groups is 1. The largest absolute Gasteiger partial charge is 0.507 e. The second kappa shape index (κ2) is 26.9. The van der Waals surface area contributed by atoms with Gasteiger partial charge >= 0.3 is 23.9 Å². The van der Waals surface area contributed by atoms with Gasteiger partial charge in [0.25, 0.3) is 0 Å². The Balaban J connectivity index is 0.000000200. The van der Waals surface area contributed by atoms with E-state index in [9.17, 15) is 24.3 Å². The van der Waals surface area contributed by atoms with Gasteiger partial charge in [-0.25, -0.2) is 4.79 Å². The van der Waals surface area contributed by atoms with Gasteiger partial charge in [0.15, 0.2) is 0 Å². The lowest BCUT2D eigenvalue weighted by Crippen LogP contribution is -2.25. The van der Waals surface area contributed by atoms with Gasteiger partial charge < -0.3 is 24.1 Å². The first kappa shape index (κ1) is 73.2. The molecule has 500 valence electrons. The average Bonchev–Trinajstić information content (AvgIpc) is 1.65. The highest BCUT2D eigenvalue weighted by molar-refractivity contribution is 5.92. The highest BCUT2D eigenvalue weighted by atomic mass is 16.6. The second-order valence-electron chi connectivity index (χ2n) is 34.7. The SMILES string of the molecule is C=CC(=O)Oc1c(Cc2cc(C)cc(C(C)(C)C)c2O)cc(C)cc1C(C)(C)C.CC(=O)Oc1ccc(C(C)(C)CC(C)(C)C)cc1C1C(=O)Oc2ccc(C(C)(C)CC(C)(C)C)cc21.CC(C)(C)c1cc2c(c(C(C)(C)C)c1)OC(=O)C2c1ccc2c(c1)CCCC2. The van der Waals surface area contributed by atoms with Crippen LogP contribution in [0.15, 0.2) is 104 Å². The number of benzene rings is 6. The summed E-state index contributed by atoms with van der Waals surface area (Å²) < 4.78 is 22.9. The van der Waals surface area contributed by atoms with E-state index < -0.39 is 17.9 Å². The van der Waals surface area contributed by atoms with Crippen LogP contribution in [0.25, 0.3) is 0 Å². The third-order valence-corrected chi connectivity index (χ3v) is 18.1. The molecule has 0 saturated carbocycles. The molecule has 1 N–H and O–H groups in total. The summed E-state index contributed by atoms with van der Waals surface area (Å²) in [5, 5.41) is 11.0. The number of hydrogen-bond acceptors (Lipinski definition) is 9. The van der Waals surface area contributed by atoms with E-state index in [4.69, 9.17) is 18.9 Å². The van der Waals surface area contributed by atoms with Crippen LogP contribution in [-0.4, -0.2) is 29.0 Å². The lowest BCUT2D eigenvalue weighted by Gasteiger charge is -2.34. The molecule has 0 amide bonds. The van der Waals surface area contributed by atoms with E-state index in [2.05, 4.69) is 207 Å². The van der Waals surface area contributed by atoms with Crippen LogP contribution in [0.1, 0.15) is 286 Å². The fourth-order valence-electron chi connectivity index (χ4n) is 14.2. The molecule has 6 aromatic carbocycles. The third-order valence-electron chi connectivity index (χ3n) is 18.1. The summed E-state index contributed by atoms with van der Waals surface area (Å²) in [4.78, 5) is 50.3. The zero-order valence-corrected chi connectivity index (χ0v) is 61.3. The van der Waals surface area contributed by atoms with E-state index in [-0.39, 0.29) is 61.2 Å². The Morgan fingerprint density at radius 1 is 0.527 bits per heavy atom. The number of phenolic OH excluding ortho intramolecular Hbond substituents is 1. The van der Waals surface area contributed by atoms with Crippen molar-refractivity contribution in [2.75, 3.05) is 0 Å². The summed E-state index contributed by atoms with van der Waals surface area (Å²) in [6, 6.07) is 31.2. The minimum absolute atomic E-state index is 0.0150. The quantitative estimate of drug-likeness (QED) is 0.0767. The Hall–Kier alpha value is -7.26. The molecule has 2 atom stereocenters. The van der Waals surface area contributed by atoms with Crippen molar-refractivity contribution < 1.29 is 43.2 Å². The molecule has 1 aliphatic carbocycles. The van der Waals surface area contributed by atoms with Crippen LogP contribution in [-0.2, 0) is 70.9 Å². The molecule has 9 heteroatoms. The molecule has 3 aliphatic rings. The Bertz CT molecular complexity index is 3820. The van der Waals surface area contributed by atoms with Crippen molar-refractivity contribution in [3.05, 3.63) is 193 Å². The predicted molar refractivity (Wildman–Crippen MR) is 380 cm³/mol. The van der Waals surface area contributed by atoms with Crippen molar-refractivity contribution in [3.8, 4) is 28.7 Å². The van der Waals surface area contributed by atoms with Crippen molar-refractivity contribution >= 4 is 23.9 Å². The fourth-order valence-corrected chi connectivity index (χ4v) is 14.2. The third kappa shape index (κ3) is 17.8. The van der Waals surface area contributed by atoms with Gasteiger partial charge in [0.05, 0.1) is 0 Å². The first-order valence-corrected chi connectivity index (χ1v) is 33.6. The molecule has 0 spiro atoms. The monoisotopic (exact) mass is 1260 g/mol. The van der Waals surface area contributed by atoms with Crippen LogP contribution in [0.4, 0.5) is 0 Å². The van der Waals surface area contributed by atoms with Gasteiger partial charge in [0.2, 0.25) is 0 Å². The van der Waals surface area contributed by atoms with E-state index in [1.807, 2.05) is 56.3 Å². The summed E-state index contributed by atoms with van der Waals surface area (Å²) in [7, 11) is 0. The molecule has 2 unspecified atom stereocenters. The van der Waals surface area contributed by atoms with Crippen LogP contribution in [0, 0.1) is 24.7 Å². The van der Waals surface area contributed by atoms with Gasteiger partial charge in [-0.2, -0.15) is 0 Å². The first-order valence-electron chi connectivity index (χ1n) is 33.6. The maximum Gasteiger partial charge on any atom is 0.335 e. The molecule has 9 nitrogen and oxygen atoms in total. The minimum Gasteiger partial charge on any atom is -0.507 e. The number of hydrogen-bond donors (Lipinski definition) is 1. The second-order valence-corrected chi connectivity index (χ2v) is 34.7. The molecular formula is C84H110O9. The molecule has 0 bridgehead atoms. The van der Waals surface area contributed by atoms with Crippen molar-refractivity contribution in [1.29, 1.82) is 0 Å². The molecule has 0 fully saturated rings. The van der Waals surface area contributed by atoms with Crippen LogP contribution >= 0.6 is 0 Å². The normalized spacial score (nSPS) is 15.9.